The third-order valence-electron chi connectivity index (χ3n) is 5.04. The van der Waals surface area contributed by atoms with Crippen LogP contribution in [0.3, 0.4) is 0 Å². The molecule has 0 saturated heterocycles. The van der Waals surface area contributed by atoms with Crippen molar-refractivity contribution in [1.82, 2.24) is 0 Å². The van der Waals surface area contributed by atoms with Gasteiger partial charge in [-0.1, -0.05) is 33.6 Å². The maximum Gasteiger partial charge on any atom is -0.0383 e. The summed E-state index contributed by atoms with van der Waals surface area (Å²) >= 11 is 0. The second kappa shape index (κ2) is 4.24. The minimum atomic E-state index is 0.990. The molecule has 2 saturated carbocycles. The Labute approximate surface area is 89.5 Å². The molecular weight excluding hydrogens is 168 g/mol. The van der Waals surface area contributed by atoms with E-state index < -0.39 is 0 Å². The Kier molecular flexibility index (Phi) is 3.19. The number of hydrogen-bond acceptors (Lipinski definition) is 0. The van der Waals surface area contributed by atoms with Crippen molar-refractivity contribution in [2.45, 2.75) is 59.3 Å². The summed E-state index contributed by atoms with van der Waals surface area (Å²) in [5.41, 5.74) is 0. The van der Waals surface area contributed by atoms with Crippen LogP contribution in [-0.4, -0.2) is 0 Å². The van der Waals surface area contributed by atoms with Crippen molar-refractivity contribution >= 4 is 0 Å². The molecule has 2 aliphatic carbocycles. The van der Waals surface area contributed by atoms with Gasteiger partial charge in [-0.2, -0.15) is 0 Å². The molecule has 0 N–H and O–H groups in total. The van der Waals surface area contributed by atoms with E-state index in [0.717, 1.165) is 29.6 Å². The lowest BCUT2D eigenvalue weighted by molar-refractivity contribution is 0.156. The SMILES string of the molecule is CC1CCC(C2CCC(C)C(C)C2)C1. The zero-order valence-corrected chi connectivity index (χ0v) is 10.1. The second-order valence-electron chi connectivity index (χ2n) is 6.21. The van der Waals surface area contributed by atoms with E-state index in [1.54, 1.807) is 0 Å². The van der Waals surface area contributed by atoms with Crippen molar-refractivity contribution < 1.29 is 0 Å². The molecule has 0 aromatic heterocycles. The molecule has 0 aromatic rings. The lowest BCUT2D eigenvalue weighted by atomic mass is 9.70. The lowest BCUT2D eigenvalue weighted by Crippen LogP contribution is -2.25. The van der Waals surface area contributed by atoms with Gasteiger partial charge in [0, 0.05) is 0 Å². The zero-order chi connectivity index (χ0) is 10.1. The normalized spacial score (nSPS) is 49.5. The molecule has 82 valence electrons. The minimum Gasteiger partial charge on any atom is -0.0625 e. The summed E-state index contributed by atoms with van der Waals surface area (Å²) in [5.74, 6) is 5.19. The van der Waals surface area contributed by atoms with Crippen molar-refractivity contribution in [2.75, 3.05) is 0 Å². The molecule has 14 heavy (non-hydrogen) atoms. The summed E-state index contributed by atoms with van der Waals surface area (Å²) in [6.07, 6.45) is 9.13. The van der Waals surface area contributed by atoms with Crippen LogP contribution < -0.4 is 0 Å². The van der Waals surface area contributed by atoms with Gasteiger partial charge >= 0.3 is 0 Å². The molecule has 5 unspecified atom stereocenters. The Morgan fingerprint density at radius 3 is 1.86 bits per heavy atom. The fourth-order valence-corrected chi connectivity index (χ4v) is 3.70. The van der Waals surface area contributed by atoms with Gasteiger partial charge in [-0.15, -0.1) is 0 Å². The fourth-order valence-electron chi connectivity index (χ4n) is 3.70. The molecule has 0 nitrogen and oxygen atoms in total. The van der Waals surface area contributed by atoms with Crippen LogP contribution in [0.25, 0.3) is 0 Å². The molecule has 0 bridgehead atoms. The largest absolute Gasteiger partial charge is 0.0625 e. The highest BCUT2D eigenvalue weighted by molar-refractivity contribution is 4.84. The summed E-state index contributed by atoms with van der Waals surface area (Å²) in [7, 11) is 0. The van der Waals surface area contributed by atoms with Crippen LogP contribution >= 0.6 is 0 Å². The quantitative estimate of drug-likeness (QED) is 0.577. The Morgan fingerprint density at radius 2 is 1.29 bits per heavy atom. The highest BCUT2D eigenvalue weighted by atomic mass is 14.4. The average Bonchev–Trinajstić information content (AvgIpc) is 2.57. The summed E-state index contributed by atoms with van der Waals surface area (Å²) in [5, 5.41) is 0. The standard InChI is InChI=1S/C14H26/c1-10-4-6-13(8-10)14-7-5-11(2)12(3)9-14/h10-14H,4-9H2,1-3H3. The second-order valence-corrected chi connectivity index (χ2v) is 6.21. The molecule has 2 aliphatic rings. The van der Waals surface area contributed by atoms with Gasteiger partial charge in [0.1, 0.15) is 0 Å². The van der Waals surface area contributed by atoms with Gasteiger partial charge < -0.3 is 0 Å². The van der Waals surface area contributed by atoms with E-state index in [9.17, 15) is 0 Å². The third kappa shape index (κ3) is 2.15. The van der Waals surface area contributed by atoms with Crippen molar-refractivity contribution in [3.63, 3.8) is 0 Å². The van der Waals surface area contributed by atoms with Crippen LogP contribution in [0.1, 0.15) is 59.3 Å². The van der Waals surface area contributed by atoms with Crippen LogP contribution in [0, 0.1) is 29.6 Å². The Balaban J connectivity index is 1.87. The van der Waals surface area contributed by atoms with Crippen LogP contribution in [0.5, 0.6) is 0 Å². The van der Waals surface area contributed by atoms with Gasteiger partial charge in [-0.25, -0.2) is 0 Å². The number of rotatable bonds is 1. The van der Waals surface area contributed by atoms with Crippen LogP contribution in [0.15, 0.2) is 0 Å². The van der Waals surface area contributed by atoms with Gasteiger partial charge in [0.15, 0.2) is 0 Å². The molecule has 0 aromatic carbocycles. The first kappa shape index (κ1) is 10.5. The molecule has 0 radical (unpaired) electrons. The molecular formula is C14H26. The van der Waals surface area contributed by atoms with Crippen LogP contribution in [0.4, 0.5) is 0 Å². The van der Waals surface area contributed by atoms with Gasteiger partial charge in [-0.05, 0) is 55.3 Å². The summed E-state index contributed by atoms with van der Waals surface area (Å²) in [6, 6.07) is 0. The lowest BCUT2D eigenvalue weighted by Gasteiger charge is -2.35. The highest BCUT2D eigenvalue weighted by Gasteiger charge is 2.33. The molecule has 0 aliphatic heterocycles. The maximum absolute atomic E-state index is 2.47. The summed E-state index contributed by atoms with van der Waals surface area (Å²) in [4.78, 5) is 0. The average molecular weight is 194 g/mol. The van der Waals surface area contributed by atoms with Gasteiger partial charge in [0.25, 0.3) is 0 Å². The van der Waals surface area contributed by atoms with E-state index in [2.05, 4.69) is 20.8 Å². The molecule has 5 atom stereocenters. The molecule has 2 fully saturated rings. The first-order valence-corrected chi connectivity index (χ1v) is 6.66. The molecule has 0 heteroatoms. The molecule has 0 spiro atoms. The minimum absolute atomic E-state index is 0.990. The Morgan fingerprint density at radius 1 is 0.643 bits per heavy atom. The monoisotopic (exact) mass is 194 g/mol. The zero-order valence-electron chi connectivity index (χ0n) is 10.1. The van der Waals surface area contributed by atoms with Crippen LogP contribution in [0.2, 0.25) is 0 Å². The van der Waals surface area contributed by atoms with E-state index in [1.165, 1.54) is 38.5 Å². The molecule has 0 amide bonds. The van der Waals surface area contributed by atoms with Crippen molar-refractivity contribution in [3.05, 3.63) is 0 Å². The smallest absolute Gasteiger partial charge is 0.0383 e. The molecule has 0 heterocycles. The van der Waals surface area contributed by atoms with Crippen molar-refractivity contribution in [1.29, 1.82) is 0 Å². The van der Waals surface area contributed by atoms with E-state index >= 15 is 0 Å². The topological polar surface area (TPSA) is 0 Å². The van der Waals surface area contributed by atoms with E-state index in [-0.39, 0.29) is 0 Å². The maximum atomic E-state index is 2.47. The highest BCUT2D eigenvalue weighted by Crippen LogP contribution is 2.44. The Hall–Kier alpha value is 0. The van der Waals surface area contributed by atoms with Crippen LogP contribution in [-0.2, 0) is 0 Å². The van der Waals surface area contributed by atoms with E-state index in [0.29, 0.717) is 0 Å². The third-order valence-corrected chi connectivity index (χ3v) is 5.04. The van der Waals surface area contributed by atoms with Gasteiger partial charge in [0.05, 0.1) is 0 Å². The van der Waals surface area contributed by atoms with Gasteiger partial charge in [0.2, 0.25) is 0 Å². The van der Waals surface area contributed by atoms with E-state index in [4.69, 9.17) is 0 Å². The number of hydrogen-bond donors (Lipinski definition) is 0. The summed E-state index contributed by atoms with van der Waals surface area (Å²) in [6.45, 7) is 7.35. The molecule has 2 rings (SSSR count). The fraction of sp³-hybridized carbons (Fsp3) is 1.00. The summed E-state index contributed by atoms with van der Waals surface area (Å²) < 4.78 is 0. The predicted octanol–water partition coefficient (Wildman–Crippen LogP) is 4.49. The Bertz CT molecular complexity index is 184. The van der Waals surface area contributed by atoms with E-state index in [1.807, 2.05) is 0 Å². The predicted molar refractivity (Wildman–Crippen MR) is 62.2 cm³/mol. The van der Waals surface area contributed by atoms with Crippen molar-refractivity contribution in [2.24, 2.45) is 29.6 Å². The van der Waals surface area contributed by atoms with Gasteiger partial charge in [-0.3, -0.25) is 0 Å². The van der Waals surface area contributed by atoms with Crippen molar-refractivity contribution in [3.8, 4) is 0 Å². The first-order chi connectivity index (χ1) is 6.66. The first-order valence-electron chi connectivity index (χ1n) is 6.66.